The number of thioether (sulfide) groups is 1. The number of halogens is 1. The molecule has 2 atom stereocenters. The van der Waals surface area contributed by atoms with Crippen molar-refractivity contribution < 1.29 is 10.2 Å². The van der Waals surface area contributed by atoms with Gasteiger partial charge >= 0.3 is 0 Å². The fourth-order valence-corrected chi connectivity index (χ4v) is 2.52. The van der Waals surface area contributed by atoms with E-state index in [0.29, 0.717) is 17.3 Å². The van der Waals surface area contributed by atoms with Crippen molar-refractivity contribution in [3.05, 3.63) is 34.9 Å². The van der Waals surface area contributed by atoms with Gasteiger partial charge in [0.1, 0.15) is 0 Å². The van der Waals surface area contributed by atoms with E-state index < -0.39 is 6.10 Å². The van der Waals surface area contributed by atoms with Crippen LogP contribution in [0, 0.1) is 0 Å². The second-order valence-electron chi connectivity index (χ2n) is 3.45. The maximum Gasteiger partial charge on any atom is 0.0861 e. The molecular formula is C11H16ClNO2S. The first-order valence-electron chi connectivity index (χ1n) is 5.03. The molecule has 1 rings (SSSR count). The van der Waals surface area contributed by atoms with E-state index in [1.165, 1.54) is 11.8 Å². The zero-order valence-corrected chi connectivity index (χ0v) is 10.4. The Morgan fingerprint density at radius 1 is 1.44 bits per heavy atom. The predicted molar refractivity (Wildman–Crippen MR) is 68.8 cm³/mol. The van der Waals surface area contributed by atoms with Crippen LogP contribution in [0.25, 0.3) is 0 Å². The Hall–Kier alpha value is -0.260. The summed E-state index contributed by atoms with van der Waals surface area (Å²) in [6.07, 6.45) is -0.696. The molecule has 1 aromatic rings. The van der Waals surface area contributed by atoms with Gasteiger partial charge in [0.2, 0.25) is 0 Å². The third-order valence-electron chi connectivity index (χ3n) is 2.14. The second-order valence-corrected chi connectivity index (χ2v) is 5.12. The number of aliphatic hydroxyl groups excluding tert-OH is 2. The quantitative estimate of drug-likeness (QED) is 0.725. The molecule has 3 nitrogen and oxygen atoms in total. The molecule has 0 fully saturated rings. The van der Waals surface area contributed by atoms with Crippen molar-refractivity contribution in [2.45, 2.75) is 11.4 Å². The molecule has 5 heteroatoms. The fraction of sp³-hybridized carbons (Fsp3) is 0.455. The Morgan fingerprint density at radius 2 is 2.19 bits per heavy atom. The van der Waals surface area contributed by atoms with Gasteiger partial charge in [-0.1, -0.05) is 23.7 Å². The molecule has 0 aliphatic carbocycles. The molecule has 0 spiro atoms. The average Bonchev–Trinajstić information content (AvgIpc) is 2.29. The Morgan fingerprint density at radius 3 is 2.75 bits per heavy atom. The van der Waals surface area contributed by atoms with Crippen LogP contribution in [0.4, 0.5) is 0 Å². The third kappa shape index (κ3) is 4.31. The first kappa shape index (κ1) is 13.8. The number of aliphatic hydroxyl groups is 2. The lowest BCUT2D eigenvalue weighted by atomic mass is 10.1. The fourth-order valence-electron chi connectivity index (χ4n) is 1.29. The Bertz CT molecular complexity index is 325. The summed E-state index contributed by atoms with van der Waals surface area (Å²) >= 11 is 7.42. The molecule has 0 aliphatic heterocycles. The molecule has 2 unspecified atom stereocenters. The van der Waals surface area contributed by atoms with E-state index in [-0.39, 0.29) is 11.9 Å². The summed E-state index contributed by atoms with van der Waals surface area (Å²) in [5, 5.41) is 18.8. The topological polar surface area (TPSA) is 66.5 Å². The Balaban J connectivity index is 2.60. The molecule has 16 heavy (non-hydrogen) atoms. The van der Waals surface area contributed by atoms with Crippen LogP contribution in [0.1, 0.15) is 10.8 Å². The smallest absolute Gasteiger partial charge is 0.0861 e. The minimum absolute atomic E-state index is 0.0971. The van der Waals surface area contributed by atoms with Gasteiger partial charge in [0.05, 0.1) is 12.7 Å². The minimum Gasteiger partial charge on any atom is -0.394 e. The molecule has 0 saturated carbocycles. The van der Waals surface area contributed by atoms with Crippen LogP contribution >= 0.6 is 23.4 Å². The van der Waals surface area contributed by atoms with Gasteiger partial charge in [-0.2, -0.15) is 0 Å². The van der Waals surface area contributed by atoms with Crippen LogP contribution in [0.5, 0.6) is 0 Å². The van der Waals surface area contributed by atoms with Gasteiger partial charge in [0, 0.05) is 22.6 Å². The number of benzene rings is 1. The molecule has 4 N–H and O–H groups in total. The van der Waals surface area contributed by atoms with E-state index in [1.54, 1.807) is 0 Å². The summed E-state index contributed by atoms with van der Waals surface area (Å²) in [5.41, 5.74) is 6.72. The largest absolute Gasteiger partial charge is 0.394 e. The first-order chi connectivity index (χ1) is 7.67. The maximum absolute atomic E-state index is 9.27. The molecular weight excluding hydrogens is 246 g/mol. The molecule has 0 bridgehead atoms. The van der Waals surface area contributed by atoms with Crippen molar-refractivity contribution in [2.75, 3.05) is 18.9 Å². The monoisotopic (exact) mass is 261 g/mol. The van der Waals surface area contributed by atoms with E-state index in [2.05, 4.69) is 0 Å². The third-order valence-corrected chi connectivity index (χ3v) is 3.81. The van der Waals surface area contributed by atoms with Crippen molar-refractivity contribution in [3.63, 3.8) is 0 Å². The molecule has 0 amide bonds. The summed E-state index contributed by atoms with van der Waals surface area (Å²) in [4.78, 5) is 0. The number of hydrogen-bond acceptors (Lipinski definition) is 4. The van der Waals surface area contributed by atoms with Gasteiger partial charge in [-0.05, 0) is 17.7 Å². The molecule has 1 aromatic carbocycles. The zero-order chi connectivity index (χ0) is 12.0. The van der Waals surface area contributed by atoms with Crippen LogP contribution in [0.15, 0.2) is 24.3 Å². The highest BCUT2D eigenvalue weighted by Crippen LogP contribution is 2.29. The molecule has 0 radical (unpaired) electrons. The lowest BCUT2D eigenvalue weighted by Crippen LogP contribution is -2.18. The highest BCUT2D eigenvalue weighted by molar-refractivity contribution is 7.99. The lowest BCUT2D eigenvalue weighted by molar-refractivity contribution is 0.113. The predicted octanol–water partition coefficient (Wildman–Crippen LogP) is 1.43. The zero-order valence-electron chi connectivity index (χ0n) is 8.84. The molecule has 0 heterocycles. The van der Waals surface area contributed by atoms with E-state index >= 15 is 0 Å². The molecule has 0 aliphatic rings. The van der Waals surface area contributed by atoms with Crippen molar-refractivity contribution in [1.82, 2.24) is 0 Å². The van der Waals surface area contributed by atoms with Gasteiger partial charge in [-0.25, -0.2) is 0 Å². The van der Waals surface area contributed by atoms with Gasteiger partial charge in [-0.15, -0.1) is 11.8 Å². The van der Waals surface area contributed by atoms with Crippen LogP contribution in [-0.2, 0) is 0 Å². The van der Waals surface area contributed by atoms with Crippen LogP contribution in [0.3, 0.4) is 0 Å². The minimum atomic E-state index is -0.696. The highest BCUT2D eigenvalue weighted by Gasteiger charge is 2.12. The van der Waals surface area contributed by atoms with Crippen molar-refractivity contribution in [1.29, 1.82) is 0 Å². The average molecular weight is 262 g/mol. The normalized spacial score (nSPS) is 14.8. The number of nitrogens with two attached hydrogens (primary N) is 1. The van der Waals surface area contributed by atoms with Gasteiger partial charge < -0.3 is 15.9 Å². The standard InChI is InChI=1S/C11H16ClNO2S/c12-9-3-1-2-8(4-9)11(5-13)16-7-10(15)6-14/h1-4,10-11,14-15H,5-7,13H2. The lowest BCUT2D eigenvalue weighted by Gasteiger charge is -2.16. The van der Waals surface area contributed by atoms with Crippen LogP contribution in [0.2, 0.25) is 5.02 Å². The van der Waals surface area contributed by atoms with E-state index in [0.717, 1.165) is 5.56 Å². The molecule has 0 saturated heterocycles. The Labute approximate surface area is 105 Å². The van der Waals surface area contributed by atoms with E-state index in [9.17, 15) is 5.11 Å². The maximum atomic E-state index is 9.27. The summed E-state index contributed by atoms with van der Waals surface area (Å²) in [6.45, 7) is 0.253. The van der Waals surface area contributed by atoms with Crippen LogP contribution in [-0.4, -0.2) is 35.2 Å². The molecule has 0 aromatic heterocycles. The van der Waals surface area contributed by atoms with Gasteiger partial charge in [0.15, 0.2) is 0 Å². The van der Waals surface area contributed by atoms with E-state index in [4.69, 9.17) is 22.4 Å². The van der Waals surface area contributed by atoms with Gasteiger partial charge in [0.25, 0.3) is 0 Å². The summed E-state index contributed by atoms with van der Waals surface area (Å²) < 4.78 is 0. The number of hydrogen-bond donors (Lipinski definition) is 3. The Kier molecular flexibility index (Phi) is 6.16. The van der Waals surface area contributed by atoms with Crippen molar-refractivity contribution in [3.8, 4) is 0 Å². The van der Waals surface area contributed by atoms with E-state index in [1.807, 2.05) is 24.3 Å². The summed E-state index contributed by atoms with van der Waals surface area (Å²) in [6, 6.07) is 7.52. The summed E-state index contributed by atoms with van der Waals surface area (Å²) in [5.74, 6) is 0.463. The van der Waals surface area contributed by atoms with Crippen LogP contribution < -0.4 is 5.73 Å². The first-order valence-corrected chi connectivity index (χ1v) is 6.46. The highest BCUT2D eigenvalue weighted by atomic mass is 35.5. The number of rotatable bonds is 6. The van der Waals surface area contributed by atoms with Crippen molar-refractivity contribution in [2.24, 2.45) is 5.73 Å². The second kappa shape index (κ2) is 7.14. The van der Waals surface area contributed by atoms with Gasteiger partial charge in [-0.3, -0.25) is 0 Å². The van der Waals surface area contributed by atoms with Crippen molar-refractivity contribution >= 4 is 23.4 Å². The molecule has 90 valence electrons. The SMILES string of the molecule is NCC(SCC(O)CO)c1cccc(Cl)c1. The summed E-state index contributed by atoms with van der Waals surface area (Å²) in [7, 11) is 0.